The number of pyridine rings is 1. The highest BCUT2D eigenvalue weighted by molar-refractivity contribution is 7.21. The first-order valence-electron chi connectivity index (χ1n) is 17.5. The molecule has 5 aromatic rings. The highest BCUT2D eigenvalue weighted by Gasteiger charge is 2.32. The highest BCUT2D eigenvalue weighted by atomic mass is 32.1. The molecule has 1 aliphatic carbocycles. The van der Waals surface area contributed by atoms with Gasteiger partial charge in [0.1, 0.15) is 17.2 Å². The van der Waals surface area contributed by atoms with E-state index in [9.17, 15) is 19.1 Å². The number of carboxylic acid groups (broad SMARTS) is 1. The van der Waals surface area contributed by atoms with Gasteiger partial charge in [-0.05, 0) is 117 Å². The number of hydrogen-bond acceptors (Lipinski definition) is 5. The number of hydrogen-bond donors (Lipinski definition) is 1. The first-order valence-corrected chi connectivity index (χ1v) is 18.3. The number of nitrogens with zero attached hydrogens (tertiary/aromatic N) is 4. The zero-order valence-corrected chi connectivity index (χ0v) is 28.0. The third kappa shape index (κ3) is 5.92. The van der Waals surface area contributed by atoms with Gasteiger partial charge in [-0.2, -0.15) is 0 Å². The summed E-state index contributed by atoms with van der Waals surface area (Å²) in [5.41, 5.74) is 6.56. The summed E-state index contributed by atoms with van der Waals surface area (Å²) < 4.78 is 16.7. The van der Waals surface area contributed by atoms with E-state index in [0.29, 0.717) is 16.8 Å². The summed E-state index contributed by atoms with van der Waals surface area (Å²) in [7, 11) is 0. The number of aromatic carboxylic acids is 1. The van der Waals surface area contributed by atoms with Crippen molar-refractivity contribution in [2.45, 2.75) is 76.3 Å². The molecule has 3 aromatic heterocycles. The molecule has 0 unspecified atom stereocenters. The van der Waals surface area contributed by atoms with Crippen LogP contribution in [0.4, 0.5) is 4.39 Å². The normalized spacial score (nSPS) is 18.3. The predicted octanol–water partition coefficient (Wildman–Crippen LogP) is 8.56. The monoisotopic (exact) mass is 664 g/mol. The number of piperidine rings is 1. The van der Waals surface area contributed by atoms with Crippen molar-refractivity contribution in [1.82, 2.24) is 19.4 Å². The number of aromatic nitrogens is 2. The molecular weight excluding hydrogens is 624 g/mol. The van der Waals surface area contributed by atoms with E-state index >= 15 is 0 Å². The number of likely N-dealkylation sites (tertiary alicyclic amines) is 2. The molecule has 248 valence electrons. The van der Waals surface area contributed by atoms with Crippen molar-refractivity contribution in [3.05, 3.63) is 76.9 Å². The number of carboxylic acids is 1. The van der Waals surface area contributed by atoms with Crippen LogP contribution < -0.4 is 0 Å². The van der Waals surface area contributed by atoms with Crippen LogP contribution in [0.5, 0.6) is 0 Å². The molecule has 1 saturated carbocycles. The summed E-state index contributed by atoms with van der Waals surface area (Å²) in [6, 6.07) is 19.0. The Morgan fingerprint density at radius 2 is 1.56 bits per heavy atom. The minimum Gasteiger partial charge on any atom is -0.477 e. The minimum atomic E-state index is -0.928. The van der Waals surface area contributed by atoms with E-state index in [2.05, 4.69) is 27.7 Å². The third-order valence-electron chi connectivity index (χ3n) is 10.9. The molecule has 0 bridgehead atoms. The largest absolute Gasteiger partial charge is 0.477 e. The second kappa shape index (κ2) is 13.1. The van der Waals surface area contributed by atoms with Crippen LogP contribution in [0.1, 0.15) is 78.9 Å². The summed E-state index contributed by atoms with van der Waals surface area (Å²) >= 11 is 1.35. The van der Waals surface area contributed by atoms with E-state index in [1.807, 2.05) is 17.0 Å². The first-order chi connectivity index (χ1) is 23.4. The fraction of sp³-hybridized carbons (Fsp3) is 0.410. The standard InChI is InChI=1S/C39H41FN4O3S/c40-29-12-8-25(9-13-29)31-14-10-27-22-28(11-15-32(27)41-31)37-36(26-6-2-1-3-7-26)38-33(23-34(48-38)39(46)47)44(37)24-35(45)43-20-16-30(17-21-43)42-18-4-5-19-42/h8-15,22-23,26,30H,1-7,16-21,24H2,(H,46,47). The molecule has 2 aliphatic heterocycles. The summed E-state index contributed by atoms with van der Waals surface area (Å²) in [6.07, 6.45) is 10.2. The Morgan fingerprint density at radius 3 is 2.29 bits per heavy atom. The van der Waals surface area contributed by atoms with Crippen LogP contribution in [-0.4, -0.2) is 68.6 Å². The van der Waals surface area contributed by atoms with Gasteiger partial charge in [0, 0.05) is 30.1 Å². The Labute approximate surface area is 284 Å². The number of carbonyl (C=O) groups excluding carboxylic acids is 1. The molecule has 1 N–H and O–H groups in total. The SMILES string of the molecule is O=C(O)c1cc2c(s1)c(C1CCCCC1)c(-c1ccc3nc(-c4ccc(F)cc4)ccc3c1)n2CC(=O)N1CCC(N2CCCC2)CC1. The minimum absolute atomic E-state index is 0.0951. The Kier molecular flexibility index (Phi) is 8.51. The van der Waals surface area contributed by atoms with Crippen LogP contribution in [0, 0.1) is 5.82 Å². The fourth-order valence-electron chi connectivity index (χ4n) is 8.38. The average Bonchev–Trinajstić information content (AvgIpc) is 3.87. The number of fused-ring (bicyclic) bond motifs is 2. The number of thiophene rings is 1. The zero-order chi connectivity index (χ0) is 32.8. The van der Waals surface area contributed by atoms with Crippen molar-refractivity contribution in [3.63, 3.8) is 0 Å². The molecular formula is C39H41FN4O3S. The summed E-state index contributed by atoms with van der Waals surface area (Å²) in [6.45, 7) is 4.05. The first kappa shape index (κ1) is 31.2. The van der Waals surface area contributed by atoms with Gasteiger partial charge in [-0.15, -0.1) is 11.3 Å². The van der Waals surface area contributed by atoms with Gasteiger partial charge in [-0.1, -0.05) is 31.4 Å². The number of amides is 1. The van der Waals surface area contributed by atoms with Gasteiger partial charge in [0.05, 0.1) is 27.1 Å². The molecule has 5 heterocycles. The van der Waals surface area contributed by atoms with Gasteiger partial charge in [-0.3, -0.25) is 4.79 Å². The van der Waals surface area contributed by atoms with Crippen molar-refractivity contribution in [1.29, 1.82) is 0 Å². The molecule has 0 atom stereocenters. The van der Waals surface area contributed by atoms with Crippen LogP contribution in [0.2, 0.25) is 0 Å². The van der Waals surface area contributed by atoms with Crippen molar-refractivity contribution in [2.24, 2.45) is 0 Å². The average molecular weight is 665 g/mol. The van der Waals surface area contributed by atoms with Gasteiger partial charge < -0.3 is 19.5 Å². The quantitative estimate of drug-likeness (QED) is 0.189. The lowest BCUT2D eigenvalue weighted by Crippen LogP contribution is -2.46. The topological polar surface area (TPSA) is 78.7 Å². The molecule has 3 aliphatic rings. The molecule has 2 aromatic carbocycles. The van der Waals surface area contributed by atoms with E-state index < -0.39 is 5.97 Å². The van der Waals surface area contributed by atoms with Crippen LogP contribution in [-0.2, 0) is 11.3 Å². The maximum atomic E-state index is 14.1. The summed E-state index contributed by atoms with van der Waals surface area (Å²) in [4.78, 5) is 36.2. The van der Waals surface area contributed by atoms with Crippen molar-refractivity contribution < 1.29 is 19.1 Å². The van der Waals surface area contributed by atoms with Crippen LogP contribution in [0.3, 0.4) is 0 Å². The zero-order valence-electron chi connectivity index (χ0n) is 27.2. The van der Waals surface area contributed by atoms with Crippen LogP contribution in [0.25, 0.3) is 43.6 Å². The third-order valence-corrected chi connectivity index (χ3v) is 12.0. The molecule has 7 nitrogen and oxygen atoms in total. The van der Waals surface area contributed by atoms with Gasteiger partial charge in [-0.25, -0.2) is 14.2 Å². The number of benzene rings is 2. The maximum absolute atomic E-state index is 14.1. The predicted molar refractivity (Wildman–Crippen MR) is 189 cm³/mol. The Bertz CT molecular complexity index is 1980. The number of carbonyl (C=O) groups is 2. The Balaban J connectivity index is 1.19. The Morgan fingerprint density at radius 1 is 0.833 bits per heavy atom. The van der Waals surface area contributed by atoms with Crippen LogP contribution in [0.15, 0.2) is 60.7 Å². The smallest absolute Gasteiger partial charge is 0.345 e. The van der Waals surface area contributed by atoms with Crippen molar-refractivity contribution >= 4 is 44.3 Å². The van der Waals surface area contributed by atoms with E-state index in [1.54, 1.807) is 18.2 Å². The number of halogens is 1. The lowest BCUT2D eigenvalue weighted by Gasteiger charge is -2.36. The van der Waals surface area contributed by atoms with Gasteiger partial charge in [0.25, 0.3) is 0 Å². The molecule has 3 fully saturated rings. The molecule has 9 heteroatoms. The Hall–Kier alpha value is -4.08. The lowest BCUT2D eigenvalue weighted by atomic mass is 9.83. The fourth-order valence-corrected chi connectivity index (χ4v) is 9.50. The lowest BCUT2D eigenvalue weighted by molar-refractivity contribution is -0.133. The molecule has 2 saturated heterocycles. The molecule has 1 amide bonds. The van der Waals surface area contributed by atoms with Gasteiger partial charge in [0.2, 0.25) is 5.91 Å². The van der Waals surface area contributed by atoms with Crippen molar-refractivity contribution in [2.75, 3.05) is 26.2 Å². The molecule has 0 radical (unpaired) electrons. The van der Waals surface area contributed by atoms with E-state index in [4.69, 9.17) is 4.98 Å². The second-order valence-electron chi connectivity index (χ2n) is 13.8. The summed E-state index contributed by atoms with van der Waals surface area (Å²) in [5.74, 6) is -0.805. The molecule has 8 rings (SSSR count). The second-order valence-corrected chi connectivity index (χ2v) is 14.8. The molecule has 48 heavy (non-hydrogen) atoms. The van der Waals surface area contributed by atoms with E-state index in [0.717, 1.165) is 95.2 Å². The van der Waals surface area contributed by atoms with E-state index in [-0.39, 0.29) is 18.3 Å². The van der Waals surface area contributed by atoms with E-state index in [1.165, 1.54) is 61.4 Å². The van der Waals surface area contributed by atoms with Crippen molar-refractivity contribution in [3.8, 4) is 22.5 Å². The molecule has 0 spiro atoms. The maximum Gasteiger partial charge on any atom is 0.345 e. The highest BCUT2D eigenvalue weighted by Crippen LogP contribution is 2.47. The van der Waals surface area contributed by atoms with Crippen LogP contribution >= 0.6 is 11.3 Å². The van der Waals surface area contributed by atoms with Gasteiger partial charge in [0.15, 0.2) is 0 Å². The van der Waals surface area contributed by atoms with Gasteiger partial charge >= 0.3 is 5.97 Å². The summed E-state index contributed by atoms with van der Waals surface area (Å²) in [5, 5.41) is 11.0. The number of rotatable bonds is 7.